The highest BCUT2D eigenvalue weighted by Crippen LogP contribution is 2.25. The van der Waals surface area contributed by atoms with E-state index in [1.807, 2.05) is 6.92 Å². The minimum atomic E-state index is -2.91. The molecule has 0 aromatic heterocycles. The molecule has 2 atom stereocenters. The highest BCUT2D eigenvalue weighted by Gasteiger charge is 2.26. The van der Waals surface area contributed by atoms with Crippen molar-refractivity contribution in [1.82, 2.24) is 4.90 Å². The summed E-state index contributed by atoms with van der Waals surface area (Å²) >= 11 is 0. The fourth-order valence-electron chi connectivity index (χ4n) is 2.61. The Hall–Kier alpha value is -0.620. The van der Waals surface area contributed by atoms with E-state index in [0.717, 1.165) is 25.9 Å². The van der Waals surface area contributed by atoms with Gasteiger partial charge in [-0.2, -0.15) is 0 Å². The van der Waals surface area contributed by atoms with Crippen LogP contribution in [-0.2, 0) is 14.6 Å². The maximum Gasteiger partial charge on any atom is 0.303 e. The van der Waals surface area contributed by atoms with E-state index in [9.17, 15) is 13.2 Å². The standard InChI is InChI=1S/C13H25NO4S/c1-3-19(17,18)8-7-14-6-4-5-12(10-14)11(2)9-13(15)16/h11-12H,3-10H2,1-2H3,(H,15,16). The molecule has 112 valence electrons. The second-order valence-corrected chi connectivity index (χ2v) is 7.99. The molecule has 1 rings (SSSR count). The Balaban J connectivity index is 2.44. The largest absolute Gasteiger partial charge is 0.481 e. The van der Waals surface area contributed by atoms with Crippen molar-refractivity contribution in [3.63, 3.8) is 0 Å². The molecule has 1 aliphatic heterocycles. The molecule has 0 aliphatic carbocycles. The molecule has 1 aliphatic rings. The molecule has 0 saturated carbocycles. The van der Waals surface area contributed by atoms with Crippen molar-refractivity contribution in [2.24, 2.45) is 11.8 Å². The van der Waals surface area contributed by atoms with Crippen LogP contribution < -0.4 is 0 Å². The molecule has 19 heavy (non-hydrogen) atoms. The van der Waals surface area contributed by atoms with Gasteiger partial charge >= 0.3 is 5.97 Å². The SMILES string of the molecule is CCS(=O)(=O)CCN1CCCC(C(C)CC(=O)O)C1. The Morgan fingerprint density at radius 1 is 1.47 bits per heavy atom. The minimum absolute atomic E-state index is 0.156. The first-order valence-corrected chi connectivity index (χ1v) is 8.80. The van der Waals surface area contributed by atoms with Crippen LogP contribution >= 0.6 is 0 Å². The summed E-state index contributed by atoms with van der Waals surface area (Å²) in [5.41, 5.74) is 0. The number of nitrogens with zero attached hydrogens (tertiary/aromatic N) is 1. The number of rotatable bonds is 7. The number of hydrogen-bond donors (Lipinski definition) is 1. The lowest BCUT2D eigenvalue weighted by atomic mass is 9.85. The third kappa shape index (κ3) is 5.91. The number of carbonyl (C=O) groups is 1. The van der Waals surface area contributed by atoms with Crippen LogP contribution in [0.25, 0.3) is 0 Å². The third-order valence-electron chi connectivity index (χ3n) is 4.00. The number of likely N-dealkylation sites (tertiary alicyclic amines) is 1. The van der Waals surface area contributed by atoms with E-state index in [2.05, 4.69) is 4.90 Å². The van der Waals surface area contributed by atoms with Gasteiger partial charge in [0.25, 0.3) is 0 Å². The van der Waals surface area contributed by atoms with E-state index in [0.29, 0.717) is 12.5 Å². The van der Waals surface area contributed by atoms with E-state index >= 15 is 0 Å². The quantitative estimate of drug-likeness (QED) is 0.764. The summed E-state index contributed by atoms with van der Waals surface area (Å²) in [5.74, 6) is 0.180. The molecule has 1 fully saturated rings. The van der Waals surface area contributed by atoms with Crippen molar-refractivity contribution < 1.29 is 18.3 Å². The molecule has 1 heterocycles. The van der Waals surface area contributed by atoms with E-state index in [4.69, 9.17) is 5.11 Å². The number of carboxylic acids is 1. The molecule has 2 unspecified atom stereocenters. The number of hydrogen-bond acceptors (Lipinski definition) is 4. The molecule has 1 saturated heterocycles. The van der Waals surface area contributed by atoms with Gasteiger partial charge in [-0.15, -0.1) is 0 Å². The van der Waals surface area contributed by atoms with Gasteiger partial charge < -0.3 is 10.0 Å². The molecule has 5 nitrogen and oxygen atoms in total. The summed E-state index contributed by atoms with van der Waals surface area (Å²) in [6, 6.07) is 0. The first-order valence-electron chi connectivity index (χ1n) is 6.98. The van der Waals surface area contributed by atoms with Gasteiger partial charge in [-0.25, -0.2) is 8.42 Å². The van der Waals surface area contributed by atoms with Gasteiger partial charge in [-0.05, 0) is 31.2 Å². The summed E-state index contributed by atoms with van der Waals surface area (Å²) in [4.78, 5) is 12.9. The molecule has 0 aromatic carbocycles. The Morgan fingerprint density at radius 2 is 2.16 bits per heavy atom. The molecule has 1 N–H and O–H groups in total. The molecule has 6 heteroatoms. The van der Waals surface area contributed by atoms with Crippen molar-refractivity contribution in [3.05, 3.63) is 0 Å². The van der Waals surface area contributed by atoms with Crippen LogP contribution in [0.2, 0.25) is 0 Å². The van der Waals surface area contributed by atoms with Crippen molar-refractivity contribution >= 4 is 15.8 Å². The zero-order valence-electron chi connectivity index (χ0n) is 11.8. The molecular formula is C13H25NO4S. The maximum atomic E-state index is 11.5. The smallest absolute Gasteiger partial charge is 0.303 e. The molecule has 0 radical (unpaired) electrons. The first kappa shape index (κ1) is 16.4. The zero-order valence-corrected chi connectivity index (χ0v) is 12.7. The summed E-state index contributed by atoms with van der Waals surface area (Å²) in [7, 11) is -2.91. The van der Waals surface area contributed by atoms with Crippen molar-refractivity contribution in [3.8, 4) is 0 Å². The average Bonchev–Trinajstić information content (AvgIpc) is 2.36. The third-order valence-corrected chi connectivity index (χ3v) is 5.69. The van der Waals surface area contributed by atoms with E-state index in [-0.39, 0.29) is 23.8 Å². The summed E-state index contributed by atoms with van der Waals surface area (Å²) in [6.45, 7) is 5.98. The van der Waals surface area contributed by atoms with Crippen LogP contribution in [-0.4, -0.2) is 55.5 Å². The topological polar surface area (TPSA) is 74.7 Å². The summed E-state index contributed by atoms with van der Waals surface area (Å²) < 4.78 is 23.0. The Kier molecular flexibility index (Phi) is 6.26. The number of sulfone groups is 1. The zero-order chi connectivity index (χ0) is 14.5. The van der Waals surface area contributed by atoms with Crippen LogP contribution in [0.5, 0.6) is 0 Å². The Morgan fingerprint density at radius 3 is 2.74 bits per heavy atom. The van der Waals surface area contributed by atoms with Crippen molar-refractivity contribution in [2.75, 3.05) is 31.1 Å². The second-order valence-electron chi connectivity index (χ2n) is 5.51. The van der Waals surface area contributed by atoms with E-state index in [1.165, 1.54) is 0 Å². The normalized spacial score (nSPS) is 23.2. The lowest BCUT2D eigenvalue weighted by Crippen LogP contribution is -2.40. The van der Waals surface area contributed by atoms with Crippen LogP contribution in [0.1, 0.15) is 33.1 Å². The van der Waals surface area contributed by atoms with Gasteiger partial charge in [0.05, 0.1) is 5.75 Å². The number of aliphatic carboxylic acids is 1. The predicted molar refractivity (Wildman–Crippen MR) is 74.9 cm³/mol. The molecule has 0 spiro atoms. The average molecular weight is 291 g/mol. The van der Waals surface area contributed by atoms with Crippen molar-refractivity contribution in [2.45, 2.75) is 33.1 Å². The summed E-state index contributed by atoms with van der Waals surface area (Å²) in [5, 5.41) is 8.83. The highest BCUT2D eigenvalue weighted by atomic mass is 32.2. The minimum Gasteiger partial charge on any atom is -0.481 e. The van der Waals surface area contributed by atoms with Crippen LogP contribution in [0, 0.1) is 11.8 Å². The Bertz CT molecular complexity index is 393. The van der Waals surface area contributed by atoms with Crippen LogP contribution in [0.4, 0.5) is 0 Å². The van der Waals surface area contributed by atoms with Crippen LogP contribution in [0.3, 0.4) is 0 Å². The molecule has 0 aromatic rings. The first-order chi connectivity index (χ1) is 8.84. The molecule has 0 bridgehead atoms. The van der Waals surface area contributed by atoms with E-state index < -0.39 is 15.8 Å². The summed E-state index contributed by atoms with van der Waals surface area (Å²) in [6.07, 6.45) is 2.28. The van der Waals surface area contributed by atoms with Gasteiger partial charge in [0.1, 0.15) is 0 Å². The van der Waals surface area contributed by atoms with Crippen molar-refractivity contribution in [1.29, 1.82) is 0 Å². The number of piperidine rings is 1. The predicted octanol–water partition coefficient (Wildman–Crippen LogP) is 1.24. The molecular weight excluding hydrogens is 266 g/mol. The van der Waals surface area contributed by atoms with Gasteiger partial charge in [-0.3, -0.25) is 4.79 Å². The van der Waals surface area contributed by atoms with Crippen LogP contribution in [0.15, 0.2) is 0 Å². The maximum absolute atomic E-state index is 11.5. The fourth-order valence-corrected chi connectivity index (χ4v) is 3.44. The number of carboxylic acid groups (broad SMARTS) is 1. The molecule has 0 amide bonds. The van der Waals surface area contributed by atoms with Gasteiger partial charge in [0.15, 0.2) is 9.84 Å². The van der Waals surface area contributed by atoms with E-state index in [1.54, 1.807) is 6.92 Å². The highest BCUT2D eigenvalue weighted by molar-refractivity contribution is 7.91. The Labute approximate surface area is 115 Å². The monoisotopic (exact) mass is 291 g/mol. The van der Waals surface area contributed by atoms with Gasteiger partial charge in [0, 0.05) is 25.3 Å². The second kappa shape index (κ2) is 7.24. The van der Waals surface area contributed by atoms with Gasteiger partial charge in [-0.1, -0.05) is 13.8 Å². The van der Waals surface area contributed by atoms with Gasteiger partial charge in [0.2, 0.25) is 0 Å². The lowest BCUT2D eigenvalue weighted by molar-refractivity contribution is -0.138. The fraction of sp³-hybridized carbons (Fsp3) is 0.923. The lowest BCUT2D eigenvalue weighted by Gasteiger charge is -2.35.